The average molecular weight is 487 g/mol. The van der Waals surface area contributed by atoms with Crippen LogP contribution >= 0.6 is 23.1 Å². The van der Waals surface area contributed by atoms with Gasteiger partial charge < -0.3 is 5.32 Å². The van der Waals surface area contributed by atoms with Crippen LogP contribution in [0, 0.1) is 11.3 Å². The molecule has 1 unspecified atom stereocenters. The van der Waals surface area contributed by atoms with Gasteiger partial charge in [-0.3, -0.25) is 14.2 Å². The van der Waals surface area contributed by atoms with E-state index in [2.05, 4.69) is 11.4 Å². The van der Waals surface area contributed by atoms with Crippen molar-refractivity contribution in [3.63, 3.8) is 0 Å². The van der Waals surface area contributed by atoms with E-state index >= 15 is 0 Å². The Kier molecular flexibility index (Phi) is 6.22. The van der Waals surface area contributed by atoms with Crippen LogP contribution in [0.3, 0.4) is 0 Å². The molecule has 34 heavy (non-hydrogen) atoms. The van der Waals surface area contributed by atoms with Gasteiger partial charge in [0.05, 0.1) is 27.6 Å². The number of nitrogens with zero attached hydrogens (tertiary/aromatic N) is 3. The minimum atomic E-state index is -0.541. The topological polar surface area (TPSA) is 87.8 Å². The van der Waals surface area contributed by atoms with E-state index in [0.29, 0.717) is 21.8 Å². The van der Waals surface area contributed by atoms with Crippen molar-refractivity contribution in [1.29, 1.82) is 5.26 Å². The van der Waals surface area contributed by atoms with Crippen molar-refractivity contribution in [2.75, 3.05) is 5.32 Å². The first kappa shape index (κ1) is 22.4. The zero-order valence-electron chi connectivity index (χ0n) is 18.6. The van der Waals surface area contributed by atoms with Crippen LogP contribution in [0.4, 0.5) is 5.69 Å². The molecule has 5 rings (SSSR count). The monoisotopic (exact) mass is 486 g/mol. The van der Waals surface area contributed by atoms with Gasteiger partial charge in [0.1, 0.15) is 10.9 Å². The highest BCUT2D eigenvalue weighted by Gasteiger charge is 2.25. The van der Waals surface area contributed by atoms with E-state index in [1.165, 1.54) is 16.6 Å². The number of carbonyl (C=O) groups is 1. The summed E-state index contributed by atoms with van der Waals surface area (Å²) < 4.78 is 1.63. The fourth-order valence-electron chi connectivity index (χ4n) is 4.21. The maximum absolute atomic E-state index is 13.8. The van der Waals surface area contributed by atoms with E-state index in [1.54, 1.807) is 47.1 Å². The van der Waals surface area contributed by atoms with Crippen LogP contribution in [0.1, 0.15) is 35.8 Å². The molecular weight excluding hydrogens is 464 g/mol. The number of fused-ring (bicyclic) bond motifs is 3. The van der Waals surface area contributed by atoms with Crippen molar-refractivity contribution in [1.82, 2.24) is 9.55 Å². The number of hydrogen-bond donors (Lipinski definition) is 1. The molecule has 1 amide bonds. The number of thioether (sulfide) groups is 1. The fraction of sp³-hybridized carbons (Fsp3) is 0.231. The van der Waals surface area contributed by atoms with Crippen LogP contribution < -0.4 is 10.9 Å². The third-order valence-electron chi connectivity index (χ3n) is 5.93. The number of nitriles is 1. The van der Waals surface area contributed by atoms with Crippen molar-refractivity contribution in [2.24, 2.45) is 0 Å². The molecule has 2 heterocycles. The molecule has 8 heteroatoms. The number of amides is 1. The van der Waals surface area contributed by atoms with Gasteiger partial charge in [0.15, 0.2) is 5.16 Å². The number of thiophene rings is 1. The fourth-order valence-corrected chi connectivity index (χ4v) is 6.44. The zero-order valence-corrected chi connectivity index (χ0v) is 20.2. The maximum Gasteiger partial charge on any atom is 0.267 e. The van der Waals surface area contributed by atoms with Crippen LogP contribution in [0.25, 0.3) is 15.9 Å². The number of aromatic nitrogens is 2. The molecule has 1 aliphatic rings. The molecule has 1 atom stereocenters. The number of carbonyl (C=O) groups excluding carboxylic acids is 1. The summed E-state index contributed by atoms with van der Waals surface area (Å²) in [7, 11) is 0. The first-order valence-electron chi connectivity index (χ1n) is 11.2. The molecule has 2 aromatic carbocycles. The molecule has 0 saturated carbocycles. The van der Waals surface area contributed by atoms with Gasteiger partial charge in [0.25, 0.3) is 5.56 Å². The van der Waals surface area contributed by atoms with E-state index in [-0.39, 0.29) is 11.5 Å². The summed E-state index contributed by atoms with van der Waals surface area (Å²) in [5.41, 5.74) is 2.65. The lowest BCUT2D eigenvalue weighted by molar-refractivity contribution is -0.115. The van der Waals surface area contributed by atoms with E-state index in [0.717, 1.165) is 41.8 Å². The largest absolute Gasteiger partial charge is 0.324 e. The first-order chi connectivity index (χ1) is 16.6. The molecule has 6 nitrogen and oxygen atoms in total. The van der Waals surface area contributed by atoms with Gasteiger partial charge in [0, 0.05) is 4.88 Å². The van der Waals surface area contributed by atoms with E-state index in [4.69, 9.17) is 4.98 Å². The van der Waals surface area contributed by atoms with E-state index < -0.39 is 5.25 Å². The van der Waals surface area contributed by atoms with Crippen LogP contribution in [0.15, 0.2) is 64.5 Å². The molecule has 1 aliphatic carbocycles. The number of para-hydroxylation sites is 2. The van der Waals surface area contributed by atoms with Gasteiger partial charge in [-0.05, 0) is 62.4 Å². The molecule has 0 spiro atoms. The molecule has 0 radical (unpaired) electrons. The predicted molar refractivity (Wildman–Crippen MR) is 137 cm³/mol. The average Bonchev–Trinajstić information content (AvgIpc) is 3.23. The number of benzene rings is 2. The van der Waals surface area contributed by atoms with Gasteiger partial charge in [-0.25, -0.2) is 4.98 Å². The Labute approximate surface area is 205 Å². The second kappa shape index (κ2) is 9.45. The standard InChI is InChI=1S/C26H22N4O2S2/c1-16(23(31)28-20-13-7-5-9-17(20)15-27)33-26-29-24-22(19-12-6-8-14-21(19)34-24)25(32)30(26)18-10-3-2-4-11-18/h2-5,7,9-11,13,16H,6,8,12,14H2,1H3,(H,28,31). The van der Waals surface area contributed by atoms with E-state index in [1.807, 2.05) is 30.3 Å². The summed E-state index contributed by atoms with van der Waals surface area (Å²) in [6, 6.07) is 18.4. The second-order valence-electron chi connectivity index (χ2n) is 8.17. The summed E-state index contributed by atoms with van der Waals surface area (Å²) in [5, 5.41) is 12.8. The van der Waals surface area contributed by atoms with Crippen molar-refractivity contribution >= 4 is 44.9 Å². The number of rotatable bonds is 5. The highest BCUT2D eigenvalue weighted by atomic mass is 32.2. The number of nitrogens with one attached hydrogen (secondary N) is 1. The Balaban J connectivity index is 1.55. The molecular formula is C26H22N4O2S2. The molecule has 1 N–H and O–H groups in total. The van der Waals surface area contributed by atoms with Crippen molar-refractivity contribution in [3.05, 3.63) is 81.0 Å². The summed E-state index contributed by atoms with van der Waals surface area (Å²) in [4.78, 5) is 33.7. The number of hydrogen-bond acceptors (Lipinski definition) is 6. The molecule has 0 fully saturated rings. The smallest absolute Gasteiger partial charge is 0.267 e. The first-order valence-corrected chi connectivity index (χ1v) is 12.9. The lowest BCUT2D eigenvalue weighted by atomic mass is 9.97. The zero-order chi connectivity index (χ0) is 23.7. The second-order valence-corrected chi connectivity index (χ2v) is 10.6. The summed E-state index contributed by atoms with van der Waals surface area (Å²) in [6.45, 7) is 1.78. The molecule has 4 aromatic rings. The number of aryl methyl sites for hydroxylation is 2. The van der Waals surface area contributed by atoms with Gasteiger partial charge in [0.2, 0.25) is 5.91 Å². The van der Waals surface area contributed by atoms with Crippen molar-refractivity contribution in [3.8, 4) is 11.8 Å². The van der Waals surface area contributed by atoms with Crippen LogP contribution in [0.2, 0.25) is 0 Å². The highest BCUT2D eigenvalue weighted by molar-refractivity contribution is 8.00. The maximum atomic E-state index is 13.8. The third-order valence-corrected chi connectivity index (χ3v) is 8.17. The highest BCUT2D eigenvalue weighted by Crippen LogP contribution is 2.36. The summed E-state index contributed by atoms with van der Waals surface area (Å²) in [5.74, 6) is -0.257. The van der Waals surface area contributed by atoms with Gasteiger partial charge >= 0.3 is 0 Å². The Morgan fingerprint density at radius 2 is 1.88 bits per heavy atom. The molecule has 0 bridgehead atoms. The molecule has 0 saturated heterocycles. The third kappa shape index (κ3) is 4.13. The van der Waals surface area contributed by atoms with E-state index in [9.17, 15) is 14.9 Å². The van der Waals surface area contributed by atoms with Crippen LogP contribution in [0.5, 0.6) is 0 Å². The Bertz CT molecular complexity index is 1480. The quantitative estimate of drug-likeness (QED) is 0.305. The summed E-state index contributed by atoms with van der Waals surface area (Å²) >= 11 is 2.84. The van der Waals surface area contributed by atoms with Crippen LogP contribution in [-0.4, -0.2) is 20.7 Å². The molecule has 0 aliphatic heterocycles. The van der Waals surface area contributed by atoms with Gasteiger partial charge in [-0.2, -0.15) is 5.26 Å². The normalized spacial score (nSPS) is 13.8. The Morgan fingerprint density at radius 3 is 2.68 bits per heavy atom. The lowest BCUT2D eigenvalue weighted by Gasteiger charge is -2.16. The minimum absolute atomic E-state index is 0.0828. The van der Waals surface area contributed by atoms with Crippen molar-refractivity contribution in [2.45, 2.75) is 43.0 Å². The lowest BCUT2D eigenvalue weighted by Crippen LogP contribution is -2.26. The summed E-state index contributed by atoms with van der Waals surface area (Å²) in [6.07, 6.45) is 4.11. The molecule has 170 valence electrons. The van der Waals surface area contributed by atoms with Gasteiger partial charge in [-0.1, -0.05) is 42.1 Å². The predicted octanol–water partition coefficient (Wildman–Crippen LogP) is 5.32. The Hall–Kier alpha value is -3.41. The minimum Gasteiger partial charge on any atom is -0.324 e. The Morgan fingerprint density at radius 1 is 1.15 bits per heavy atom. The van der Waals surface area contributed by atoms with Crippen LogP contribution in [-0.2, 0) is 17.6 Å². The van der Waals surface area contributed by atoms with Crippen molar-refractivity contribution < 1.29 is 4.79 Å². The SMILES string of the molecule is CC(Sc1nc2sc3c(c2c(=O)n1-c1ccccc1)CCCC3)C(=O)Nc1ccccc1C#N. The van der Waals surface area contributed by atoms with Gasteiger partial charge in [-0.15, -0.1) is 11.3 Å². The molecule has 2 aromatic heterocycles. The number of anilines is 1.